The van der Waals surface area contributed by atoms with Crippen LogP contribution in [0.1, 0.15) is 48.2 Å². The van der Waals surface area contributed by atoms with Gasteiger partial charge in [-0.1, -0.05) is 140 Å². The zero-order valence-corrected chi connectivity index (χ0v) is 21.5. The molecular formula is C33H50N2. The molecule has 0 atom stereocenters. The van der Waals surface area contributed by atoms with Gasteiger partial charge >= 0.3 is 0 Å². The lowest BCUT2D eigenvalue weighted by Crippen LogP contribution is -1.85. The number of para-hydroxylation sites is 1. The number of anilines is 1. The van der Waals surface area contributed by atoms with E-state index in [1.165, 1.54) is 34.9 Å². The molecule has 2 heteroatoms. The maximum absolute atomic E-state index is 5.52. The Morgan fingerprint density at radius 1 is 0.400 bits per heavy atom. The van der Waals surface area contributed by atoms with Crippen molar-refractivity contribution in [1.82, 2.24) is 0 Å². The lowest BCUT2D eigenvalue weighted by molar-refractivity contribution is 1.39. The van der Waals surface area contributed by atoms with Crippen LogP contribution in [0.5, 0.6) is 0 Å². The zero-order chi connectivity index (χ0) is 25.1. The van der Waals surface area contributed by atoms with Crippen LogP contribution in [0.4, 0.5) is 5.69 Å². The minimum absolute atomic E-state index is 0. The molecule has 0 fully saturated rings. The van der Waals surface area contributed by atoms with Crippen LogP contribution in [0.25, 0.3) is 0 Å². The van der Waals surface area contributed by atoms with E-state index in [1.807, 2.05) is 49.4 Å². The molecule has 192 valence electrons. The number of aryl methyl sites for hydroxylation is 6. The van der Waals surface area contributed by atoms with Crippen molar-refractivity contribution in [2.24, 2.45) is 5.73 Å². The molecule has 0 bridgehead atoms. The highest BCUT2D eigenvalue weighted by atomic mass is 14.5. The topological polar surface area (TPSA) is 52.0 Å². The van der Waals surface area contributed by atoms with Crippen LogP contribution >= 0.6 is 0 Å². The van der Waals surface area contributed by atoms with E-state index in [9.17, 15) is 0 Å². The van der Waals surface area contributed by atoms with E-state index in [0.29, 0.717) is 0 Å². The summed E-state index contributed by atoms with van der Waals surface area (Å²) < 4.78 is 0. The van der Waals surface area contributed by atoms with Gasteiger partial charge in [0.25, 0.3) is 0 Å². The predicted octanol–water partition coefficient (Wildman–Crippen LogP) is 9.03. The number of rotatable bonds is 0. The van der Waals surface area contributed by atoms with Gasteiger partial charge in [-0.15, -0.1) is 0 Å². The minimum Gasteiger partial charge on any atom is -0.399 e. The first-order valence-electron chi connectivity index (χ1n) is 11.2. The zero-order valence-electron chi connectivity index (χ0n) is 21.5. The van der Waals surface area contributed by atoms with E-state index >= 15 is 0 Å². The molecule has 4 N–H and O–H groups in total. The summed E-state index contributed by atoms with van der Waals surface area (Å²) in [6.45, 7) is 12.5. The standard InChI is InChI=1S/2C8H10.C7H9N.C7H8.CH5N.2CH4/c1-7-3-5-8(2)6-4-7;1-7-4-3-5-8(2)6-7;1-6-4-2-3-5-7(6)8;1-7-5-3-2-4-6-7;1-2;;/h2*3-6H,1-2H3;2-5H,8H2,1H3;2-6H,1H3;2H2,1H3;2*1H4. The fraction of sp³-hybridized carbons (Fsp3) is 0.273. The molecule has 0 unspecified atom stereocenters. The van der Waals surface area contributed by atoms with Crippen LogP contribution in [-0.2, 0) is 0 Å². The molecule has 0 aromatic heterocycles. The maximum Gasteiger partial charge on any atom is 0.0343 e. The summed E-state index contributed by atoms with van der Waals surface area (Å²) in [5.74, 6) is 0. The van der Waals surface area contributed by atoms with E-state index < -0.39 is 0 Å². The summed E-state index contributed by atoms with van der Waals surface area (Å²) in [5.41, 5.74) is 18.7. The van der Waals surface area contributed by atoms with Crippen molar-refractivity contribution in [3.63, 3.8) is 0 Å². The number of hydrogen-bond donors (Lipinski definition) is 2. The van der Waals surface area contributed by atoms with Crippen molar-refractivity contribution < 1.29 is 0 Å². The predicted molar refractivity (Wildman–Crippen MR) is 162 cm³/mol. The summed E-state index contributed by atoms with van der Waals surface area (Å²) in [4.78, 5) is 0. The SMILES string of the molecule is C.C.CN.Cc1ccc(C)cc1.Cc1cccc(C)c1.Cc1ccccc1.Cc1ccccc1N. The van der Waals surface area contributed by atoms with Gasteiger partial charge in [-0.25, -0.2) is 0 Å². The Balaban J connectivity index is -0.000000374. The molecule has 35 heavy (non-hydrogen) atoms. The fourth-order valence-electron chi connectivity index (χ4n) is 2.57. The normalized spacial score (nSPS) is 8.23. The smallest absolute Gasteiger partial charge is 0.0343 e. The van der Waals surface area contributed by atoms with E-state index in [4.69, 9.17) is 5.73 Å². The number of hydrogen-bond acceptors (Lipinski definition) is 2. The van der Waals surface area contributed by atoms with Gasteiger partial charge in [0, 0.05) is 5.69 Å². The van der Waals surface area contributed by atoms with E-state index in [-0.39, 0.29) is 14.9 Å². The molecule has 2 nitrogen and oxygen atoms in total. The third kappa shape index (κ3) is 19.8. The molecule has 0 radical (unpaired) electrons. The summed E-state index contributed by atoms with van der Waals surface area (Å²) >= 11 is 0. The molecule has 0 saturated heterocycles. The van der Waals surface area contributed by atoms with E-state index in [1.54, 1.807) is 0 Å². The highest BCUT2D eigenvalue weighted by molar-refractivity contribution is 5.44. The molecule has 0 saturated carbocycles. The monoisotopic (exact) mass is 474 g/mol. The van der Waals surface area contributed by atoms with Crippen molar-refractivity contribution in [1.29, 1.82) is 0 Å². The quantitative estimate of drug-likeness (QED) is 0.250. The Labute approximate surface area is 217 Å². The van der Waals surface area contributed by atoms with E-state index in [2.05, 4.69) is 101 Å². The third-order valence-electron chi connectivity index (χ3n) is 4.52. The van der Waals surface area contributed by atoms with Gasteiger partial charge in [0.05, 0.1) is 0 Å². The van der Waals surface area contributed by atoms with Crippen LogP contribution in [-0.4, -0.2) is 7.05 Å². The third-order valence-corrected chi connectivity index (χ3v) is 4.52. The average molecular weight is 475 g/mol. The first kappa shape index (κ1) is 36.2. The van der Waals surface area contributed by atoms with Crippen LogP contribution in [0.2, 0.25) is 0 Å². The summed E-state index contributed by atoms with van der Waals surface area (Å²) in [5, 5.41) is 0. The van der Waals surface area contributed by atoms with Gasteiger partial charge in [-0.05, 0) is 60.2 Å². The molecule has 0 aliphatic heterocycles. The molecule has 4 rings (SSSR count). The van der Waals surface area contributed by atoms with Crippen LogP contribution in [0.15, 0.2) is 103 Å². The molecule has 0 heterocycles. The van der Waals surface area contributed by atoms with Gasteiger partial charge in [-0.3, -0.25) is 0 Å². The van der Waals surface area contributed by atoms with Gasteiger partial charge < -0.3 is 11.5 Å². The average Bonchev–Trinajstić information content (AvgIpc) is 2.81. The van der Waals surface area contributed by atoms with Crippen LogP contribution in [0.3, 0.4) is 0 Å². The van der Waals surface area contributed by atoms with Gasteiger partial charge in [-0.2, -0.15) is 0 Å². The molecule has 4 aromatic rings. The molecule has 0 amide bonds. The lowest BCUT2D eigenvalue weighted by atomic mass is 10.2. The molecule has 0 spiro atoms. The van der Waals surface area contributed by atoms with Crippen molar-refractivity contribution in [3.05, 3.63) is 137 Å². The number of nitrogens with two attached hydrogens (primary N) is 2. The van der Waals surface area contributed by atoms with Crippen molar-refractivity contribution in [2.75, 3.05) is 12.8 Å². The second-order valence-electron chi connectivity index (χ2n) is 7.82. The Morgan fingerprint density at radius 2 is 0.743 bits per heavy atom. The van der Waals surface area contributed by atoms with Crippen molar-refractivity contribution in [2.45, 2.75) is 56.4 Å². The number of nitrogen functional groups attached to an aromatic ring is 1. The Hall–Kier alpha value is -3.36. The van der Waals surface area contributed by atoms with E-state index in [0.717, 1.165) is 11.3 Å². The minimum atomic E-state index is 0. The fourth-order valence-corrected chi connectivity index (χ4v) is 2.57. The second kappa shape index (κ2) is 22.4. The highest BCUT2D eigenvalue weighted by Crippen LogP contribution is 2.06. The Bertz CT molecular complexity index is 931. The summed E-state index contributed by atoms with van der Waals surface area (Å²) in [6, 6.07) is 35.0. The first-order valence-corrected chi connectivity index (χ1v) is 11.2. The molecule has 4 aromatic carbocycles. The highest BCUT2D eigenvalue weighted by Gasteiger charge is 1.84. The van der Waals surface area contributed by atoms with Crippen molar-refractivity contribution >= 4 is 5.69 Å². The van der Waals surface area contributed by atoms with Gasteiger partial charge in [0.1, 0.15) is 0 Å². The Kier molecular flexibility index (Phi) is 23.2. The van der Waals surface area contributed by atoms with Gasteiger partial charge in [0.2, 0.25) is 0 Å². The van der Waals surface area contributed by atoms with Gasteiger partial charge in [0.15, 0.2) is 0 Å². The maximum atomic E-state index is 5.52. The number of benzene rings is 4. The summed E-state index contributed by atoms with van der Waals surface area (Å²) in [6.07, 6.45) is 0. The first-order chi connectivity index (χ1) is 15.8. The Morgan fingerprint density at radius 3 is 1.00 bits per heavy atom. The summed E-state index contributed by atoms with van der Waals surface area (Å²) in [7, 11) is 1.50. The lowest BCUT2D eigenvalue weighted by Gasteiger charge is -1.93. The second-order valence-corrected chi connectivity index (χ2v) is 7.82. The van der Waals surface area contributed by atoms with Crippen LogP contribution in [0, 0.1) is 41.5 Å². The van der Waals surface area contributed by atoms with Crippen molar-refractivity contribution in [3.8, 4) is 0 Å². The molecule has 0 aliphatic carbocycles. The molecular weight excluding hydrogens is 424 g/mol. The van der Waals surface area contributed by atoms with Crippen LogP contribution < -0.4 is 11.5 Å². The largest absolute Gasteiger partial charge is 0.399 e. The molecule has 0 aliphatic rings.